The molecule has 16 heavy (non-hydrogen) atoms. The number of likely N-dealkylation sites (tertiary alicyclic amines) is 1. The largest absolute Gasteiger partial charge is 0.380 e. The van der Waals surface area contributed by atoms with E-state index >= 15 is 0 Å². The molecular weight excluding hydrogens is 200 g/mol. The van der Waals surface area contributed by atoms with E-state index in [-0.39, 0.29) is 0 Å². The summed E-state index contributed by atoms with van der Waals surface area (Å²) in [4.78, 5) is 2.45. The normalized spacial score (nSPS) is 33.9. The van der Waals surface area contributed by atoms with E-state index in [0.717, 1.165) is 19.1 Å². The summed E-state index contributed by atoms with van der Waals surface area (Å²) < 4.78 is 5.45. The van der Waals surface area contributed by atoms with Gasteiger partial charge in [-0.25, -0.2) is 0 Å². The summed E-state index contributed by atoms with van der Waals surface area (Å²) in [5.74, 6) is 0.727. The first-order valence-electron chi connectivity index (χ1n) is 6.58. The van der Waals surface area contributed by atoms with Crippen LogP contribution in [-0.2, 0) is 4.74 Å². The van der Waals surface area contributed by atoms with Crippen LogP contribution < -0.4 is 5.32 Å². The van der Waals surface area contributed by atoms with Crippen molar-refractivity contribution in [2.45, 2.75) is 52.2 Å². The van der Waals surface area contributed by atoms with Gasteiger partial charge in [-0.15, -0.1) is 0 Å². The molecule has 4 atom stereocenters. The van der Waals surface area contributed by atoms with E-state index in [1.165, 1.54) is 13.0 Å². The van der Waals surface area contributed by atoms with Crippen LogP contribution in [0.4, 0.5) is 0 Å². The highest BCUT2D eigenvalue weighted by molar-refractivity contribution is 4.87. The van der Waals surface area contributed by atoms with Gasteiger partial charge in [-0.2, -0.15) is 0 Å². The van der Waals surface area contributed by atoms with Gasteiger partial charge in [0.2, 0.25) is 0 Å². The van der Waals surface area contributed by atoms with Crippen molar-refractivity contribution in [3.8, 4) is 0 Å². The van der Waals surface area contributed by atoms with Gasteiger partial charge in [0, 0.05) is 31.3 Å². The molecule has 1 heterocycles. The molecule has 1 rings (SSSR count). The first-order chi connectivity index (χ1) is 7.54. The first-order valence-corrected chi connectivity index (χ1v) is 6.58. The third-order valence-corrected chi connectivity index (χ3v) is 3.68. The summed E-state index contributed by atoms with van der Waals surface area (Å²) in [5.41, 5.74) is 0. The minimum absolute atomic E-state index is 0.461. The van der Waals surface area contributed by atoms with Gasteiger partial charge in [0.25, 0.3) is 0 Å². The van der Waals surface area contributed by atoms with Crippen molar-refractivity contribution >= 4 is 0 Å². The van der Waals surface area contributed by atoms with Crippen LogP contribution >= 0.6 is 0 Å². The number of ether oxygens (including phenoxy) is 1. The third-order valence-electron chi connectivity index (χ3n) is 3.68. The average Bonchev–Trinajstić information content (AvgIpc) is 2.23. The fourth-order valence-corrected chi connectivity index (χ4v) is 2.48. The van der Waals surface area contributed by atoms with Crippen LogP contribution in [0.3, 0.4) is 0 Å². The summed E-state index contributed by atoms with van der Waals surface area (Å²) in [5, 5.41) is 3.70. The van der Waals surface area contributed by atoms with Gasteiger partial charge < -0.3 is 15.0 Å². The molecule has 1 aliphatic rings. The maximum atomic E-state index is 5.45. The van der Waals surface area contributed by atoms with Gasteiger partial charge in [0.1, 0.15) is 0 Å². The lowest BCUT2D eigenvalue weighted by molar-refractivity contribution is 0.0892. The standard InChI is InChI=1S/C13H28N2O/c1-6-16-9-11(3)14-13-7-12(4)15(5)8-10(13)2/h10-14H,6-9H2,1-5H3. The van der Waals surface area contributed by atoms with E-state index in [1.807, 2.05) is 6.92 Å². The van der Waals surface area contributed by atoms with Gasteiger partial charge in [0.15, 0.2) is 0 Å². The number of hydrogen-bond donors (Lipinski definition) is 1. The summed E-state index contributed by atoms with van der Waals surface area (Å²) in [6, 6.07) is 1.79. The Morgan fingerprint density at radius 2 is 2.12 bits per heavy atom. The average molecular weight is 228 g/mol. The van der Waals surface area contributed by atoms with Crippen LogP contribution in [0.5, 0.6) is 0 Å². The molecule has 1 fully saturated rings. The zero-order valence-electron chi connectivity index (χ0n) is 11.5. The Morgan fingerprint density at radius 3 is 2.75 bits per heavy atom. The minimum atomic E-state index is 0.461. The predicted molar refractivity (Wildman–Crippen MR) is 68.8 cm³/mol. The van der Waals surface area contributed by atoms with Crippen LogP contribution in [0, 0.1) is 5.92 Å². The second kappa shape index (κ2) is 6.58. The topological polar surface area (TPSA) is 24.5 Å². The maximum Gasteiger partial charge on any atom is 0.0616 e. The highest BCUT2D eigenvalue weighted by Crippen LogP contribution is 2.21. The zero-order chi connectivity index (χ0) is 12.1. The SMILES string of the molecule is CCOCC(C)NC1CC(C)N(C)CC1C. The van der Waals surface area contributed by atoms with E-state index in [2.05, 4.69) is 38.0 Å². The van der Waals surface area contributed by atoms with Crippen molar-refractivity contribution in [1.82, 2.24) is 10.2 Å². The summed E-state index contributed by atoms with van der Waals surface area (Å²) in [6.07, 6.45) is 1.24. The molecule has 3 nitrogen and oxygen atoms in total. The van der Waals surface area contributed by atoms with E-state index in [9.17, 15) is 0 Å². The van der Waals surface area contributed by atoms with Crippen LogP contribution in [0.15, 0.2) is 0 Å². The zero-order valence-corrected chi connectivity index (χ0v) is 11.5. The number of piperidine rings is 1. The lowest BCUT2D eigenvalue weighted by Gasteiger charge is -2.41. The Kier molecular flexibility index (Phi) is 5.73. The molecule has 1 aliphatic heterocycles. The molecule has 0 amide bonds. The van der Waals surface area contributed by atoms with Crippen molar-refractivity contribution in [2.24, 2.45) is 5.92 Å². The quantitative estimate of drug-likeness (QED) is 0.775. The maximum absolute atomic E-state index is 5.45. The molecule has 1 N–H and O–H groups in total. The Labute approximate surface area is 101 Å². The van der Waals surface area contributed by atoms with Crippen LogP contribution in [0.25, 0.3) is 0 Å². The van der Waals surface area contributed by atoms with Crippen molar-refractivity contribution < 1.29 is 4.74 Å². The molecule has 0 aromatic rings. The molecule has 0 aromatic carbocycles. The molecular formula is C13H28N2O. The lowest BCUT2D eigenvalue weighted by Crippen LogP contribution is -2.53. The monoisotopic (exact) mass is 228 g/mol. The number of nitrogens with one attached hydrogen (secondary N) is 1. The highest BCUT2D eigenvalue weighted by Gasteiger charge is 2.29. The van der Waals surface area contributed by atoms with Crippen LogP contribution in [0.2, 0.25) is 0 Å². The summed E-state index contributed by atoms with van der Waals surface area (Å²) in [6.45, 7) is 11.7. The fraction of sp³-hybridized carbons (Fsp3) is 1.00. The van der Waals surface area contributed by atoms with Crippen molar-refractivity contribution in [3.05, 3.63) is 0 Å². The van der Waals surface area contributed by atoms with E-state index in [0.29, 0.717) is 18.1 Å². The number of rotatable bonds is 5. The van der Waals surface area contributed by atoms with E-state index in [4.69, 9.17) is 4.74 Å². The van der Waals surface area contributed by atoms with Gasteiger partial charge in [-0.3, -0.25) is 0 Å². The third kappa shape index (κ3) is 4.04. The number of nitrogens with zero attached hydrogens (tertiary/aromatic N) is 1. The van der Waals surface area contributed by atoms with Crippen molar-refractivity contribution in [2.75, 3.05) is 26.8 Å². The first kappa shape index (κ1) is 13.9. The summed E-state index contributed by atoms with van der Waals surface area (Å²) in [7, 11) is 2.22. The highest BCUT2D eigenvalue weighted by atomic mass is 16.5. The lowest BCUT2D eigenvalue weighted by atomic mass is 9.89. The minimum Gasteiger partial charge on any atom is -0.380 e. The predicted octanol–water partition coefficient (Wildman–Crippen LogP) is 1.73. The van der Waals surface area contributed by atoms with Crippen molar-refractivity contribution in [3.63, 3.8) is 0 Å². The Balaban J connectivity index is 2.35. The van der Waals surface area contributed by atoms with Gasteiger partial charge in [-0.1, -0.05) is 6.92 Å². The molecule has 0 radical (unpaired) electrons. The second-order valence-corrected chi connectivity index (χ2v) is 5.34. The van der Waals surface area contributed by atoms with Gasteiger partial charge in [-0.05, 0) is 40.2 Å². The van der Waals surface area contributed by atoms with Crippen molar-refractivity contribution in [1.29, 1.82) is 0 Å². The molecule has 0 aliphatic carbocycles. The Hall–Kier alpha value is -0.120. The molecule has 4 unspecified atom stereocenters. The van der Waals surface area contributed by atoms with E-state index < -0.39 is 0 Å². The molecule has 0 aromatic heterocycles. The molecule has 0 bridgehead atoms. The molecule has 3 heteroatoms. The molecule has 96 valence electrons. The molecule has 0 spiro atoms. The molecule has 1 saturated heterocycles. The Bertz CT molecular complexity index is 198. The Morgan fingerprint density at radius 1 is 1.44 bits per heavy atom. The van der Waals surface area contributed by atoms with Crippen LogP contribution in [0.1, 0.15) is 34.1 Å². The fourth-order valence-electron chi connectivity index (χ4n) is 2.48. The van der Waals surface area contributed by atoms with Crippen LogP contribution in [-0.4, -0.2) is 49.8 Å². The van der Waals surface area contributed by atoms with Gasteiger partial charge in [0.05, 0.1) is 6.61 Å². The van der Waals surface area contributed by atoms with Gasteiger partial charge >= 0.3 is 0 Å². The molecule has 0 saturated carbocycles. The van der Waals surface area contributed by atoms with E-state index in [1.54, 1.807) is 0 Å². The second-order valence-electron chi connectivity index (χ2n) is 5.34. The smallest absolute Gasteiger partial charge is 0.0616 e. The number of hydrogen-bond acceptors (Lipinski definition) is 3. The summed E-state index contributed by atoms with van der Waals surface area (Å²) >= 11 is 0.